The lowest BCUT2D eigenvalue weighted by Gasteiger charge is -2.30. The van der Waals surface area contributed by atoms with E-state index in [2.05, 4.69) is 5.32 Å². The smallest absolute Gasteiger partial charge is 0.242 e. The van der Waals surface area contributed by atoms with Crippen LogP contribution in [0.25, 0.3) is 0 Å². The van der Waals surface area contributed by atoms with Crippen LogP contribution in [-0.4, -0.2) is 57.6 Å². The summed E-state index contributed by atoms with van der Waals surface area (Å²) in [4.78, 5) is 27.6. The Kier molecular flexibility index (Phi) is 12.0. The van der Waals surface area contributed by atoms with Gasteiger partial charge in [0.05, 0.1) is 19.1 Å². The van der Waals surface area contributed by atoms with E-state index in [1.807, 2.05) is 6.92 Å². The maximum absolute atomic E-state index is 13.4. The quantitative estimate of drug-likeness (QED) is 0.326. The van der Waals surface area contributed by atoms with Crippen molar-refractivity contribution in [3.63, 3.8) is 0 Å². The normalized spacial score (nSPS) is 12.1. The van der Waals surface area contributed by atoms with E-state index in [0.717, 1.165) is 19.1 Å². The molecular formula is C26H35Cl2N3O5S. The van der Waals surface area contributed by atoms with Crippen molar-refractivity contribution in [2.45, 2.75) is 52.1 Å². The molecular weight excluding hydrogens is 537 g/mol. The van der Waals surface area contributed by atoms with Gasteiger partial charge in [0, 0.05) is 42.2 Å². The number of hydrogen-bond donors (Lipinski definition) is 1. The molecule has 0 radical (unpaired) electrons. The van der Waals surface area contributed by atoms with Gasteiger partial charge in [-0.2, -0.15) is 0 Å². The van der Waals surface area contributed by atoms with Gasteiger partial charge in [-0.1, -0.05) is 48.7 Å². The van der Waals surface area contributed by atoms with Gasteiger partial charge >= 0.3 is 0 Å². The van der Waals surface area contributed by atoms with Gasteiger partial charge in [-0.15, -0.1) is 0 Å². The second-order valence-corrected chi connectivity index (χ2v) is 11.5. The molecule has 8 nitrogen and oxygen atoms in total. The summed E-state index contributed by atoms with van der Waals surface area (Å²) in [6.07, 6.45) is 3.17. The van der Waals surface area contributed by atoms with Crippen LogP contribution in [-0.2, 0) is 26.2 Å². The van der Waals surface area contributed by atoms with Crippen LogP contribution in [0.1, 0.15) is 45.1 Å². The predicted molar refractivity (Wildman–Crippen MR) is 149 cm³/mol. The fraction of sp³-hybridized carbons (Fsp3) is 0.462. The second-order valence-electron chi connectivity index (χ2n) is 8.72. The van der Waals surface area contributed by atoms with Crippen LogP contribution in [0.15, 0.2) is 42.5 Å². The lowest BCUT2D eigenvalue weighted by molar-refractivity contribution is -0.140. The first-order valence-corrected chi connectivity index (χ1v) is 14.7. The Morgan fingerprint density at radius 1 is 1.11 bits per heavy atom. The third-order valence-electron chi connectivity index (χ3n) is 5.85. The van der Waals surface area contributed by atoms with Crippen LogP contribution in [0.4, 0.5) is 5.69 Å². The molecule has 204 valence electrons. The number of rotatable bonds is 14. The van der Waals surface area contributed by atoms with Crippen molar-refractivity contribution in [2.24, 2.45) is 0 Å². The lowest BCUT2D eigenvalue weighted by Crippen LogP contribution is -2.48. The number of halogens is 2. The molecule has 0 aliphatic carbocycles. The molecule has 0 fully saturated rings. The number of hydrogen-bond acceptors (Lipinski definition) is 5. The topological polar surface area (TPSA) is 96.0 Å². The number of carbonyl (C=O) groups is 2. The zero-order valence-corrected chi connectivity index (χ0v) is 24.0. The fourth-order valence-electron chi connectivity index (χ4n) is 3.72. The largest absolute Gasteiger partial charge is 0.497 e. The van der Waals surface area contributed by atoms with Crippen molar-refractivity contribution in [1.29, 1.82) is 0 Å². The summed E-state index contributed by atoms with van der Waals surface area (Å²) in [7, 11) is -2.10. The highest BCUT2D eigenvalue weighted by atomic mass is 35.5. The van der Waals surface area contributed by atoms with E-state index in [9.17, 15) is 18.0 Å². The summed E-state index contributed by atoms with van der Waals surface area (Å²) >= 11 is 12.4. The number of sulfonamides is 1. The molecule has 2 rings (SSSR count). The maximum Gasteiger partial charge on any atom is 0.242 e. The SMILES string of the molecule is CCCCNC(=O)[C@H](C)N(Cc1ccc(Cl)cc1Cl)C(=O)CCCN(c1cccc(OC)c1)S(C)(=O)=O. The summed E-state index contributed by atoms with van der Waals surface area (Å²) in [5.41, 5.74) is 1.10. The van der Waals surface area contributed by atoms with Crippen molar-refractivity contribution >= 4 is 50.7 Å². The van der Waals surface area contributed by atoms with E-state index in [1.165, 1.54) is 16.3 Å². The van der Waals surface area contributed by atoms with E-state index in [4.69, 9.17) is 27.9 Å². The molecule has 2 amide bonds. The number of amides is 2. The average molecular weight is 573 g/mol. The minimum Gasteiger partial charge on any atom is -0.497 e. The van der Waals surface area contributed by atoms with Gasteiger partial charge in [-0.05, 0) is 49.6 Å². The van der Waals surface area contributed by atoms with Crippen LogP contribution < -0.4 is 14.4 Å². The highest BCUT2D eigenvalue weighted by molar-refractivity contribution is 7.92. The van der Waals surface area contributed by atoms with E-state index in [-0.39, 0.29) is 37.7 Å². The second kappa shape index (κ2) is 14.4. The Morgan fingerprint density at radius 2 is 1.84 bits per heavy atom. The molecule has 11 heteroatoms. The van der Waals surface area contributed by atoms with Crippen molar-refractivity contribution in [3.8, 4) is 5.75 Å². The standard InChI is InChI=1S/C26H35Cl2N3O5S/c1-5-6-14-29-26(33)19(2)30(18-20-12-13-21(27)16-24(20)28)25(32)11-8-15-31(37(4,34)35)22-9-7-10-23(17-22)36-3/h7,9-10,12-13,16-17,19H,5-6,8,11,14-15,18H2,1-4H3,(H,29,33)/t19-/m0/s1. The van der Waals surface area contributed by atoms with Crippen LogP contribution >= 0.6 is 23.2 Å². The van der Waals surface area contributed by atoms with Crippen LogP contribution in [0.5, 0.6) is 5.75 Å². The zero-order chi connectivity index (χ0) is 27.6. The Labute approximate surface area is 229 Å². The number of unbranched alkanes of at least 4 members (excludes halogenated alkanes) is 1. The number of nitrogens with zero attached hydrogens (tertiary/aromatic N) is 2. The van der Waals surface area contributed by atoms with Gasteiger partial charge < -0.3 is 15.0 Å². The van der Waals surface area contributed by atoms with Gasteiger partial charge in [0.15, 0.2) is 0 Å². The molecule has 1 N–H and O–H groups in total. The Balaban J connectivity index is 2.19. The monoisotopic (exact) mass is 571 g/mol. The van der Waals surface area contributed by atoms with Gasteiger partial charge in [0.1, 0.15) is 11.8 Å². The Bertz CT molecular complexity index is 1180. The average Bonchev–Trinajstić information content (AvgIpc) is 2.85. The van der Waals surface area contributed by atoms with Crippen molar-refractivity contribution in [2.75, 3.05) is 30.8 Å². The van der Waals surface area contributed by atoms with Gasteiger partial charge in [-0.3, -0.25) is 13.9 Å². The van der Waals surface area contributed by atoms with Crippen LogP contribution in [0.3, 0.4) is 0 Å². The molecule has 0 saturated carbocycles. The first kappa shape index (κ1) is 30.7. The Hall–Kier alpha value is -2.49. The minimum atomic E-state index is -3.60. The molecule has 1 atom stereocenters. The molecule has 2 aromatic rings. The first-order valence-electron chi connectivity index (χ1n) is 12.1. The summed E-state index contributed by atoms with van der Waals surface area (Å²) in [6, 6.07) is 11.0. The van der Waals surface area contributed by atoms with Crippen molar-refractivity contribution < 1.29 is 22.7 Å². The molecule has 2 aromatic carbocycles. The molecule has 0 aliphatic rings. The third-order valence-corrected chi connectivity index (χ3v) is 7.63. The summed E-state index contributed by atoms with van der Waals surface area (Å²) < 4.78 is 31.4. The molecule has 0 heterocycles. The highest BCUT2D eigenvalue weighted by Crippen LogP contribution is 2.25. The summed E-state index contributed by atoms with van der Waals surface area (Å²) in [5, 5.41) is 3.73. The van der Waals surface area contributed by atoms with Crippen molar-refractivity contribution in [3.05, 3.63) is 58.1 Å². The van der Waals surface area contributed by atoms with Gasteiger partial charge in [-0.25, -0.2) is 8.42 Å². The number of benzene rings is 2. The van der Waals surface area contributed by atoms with E-state index >= 15 is 0 Å². The lowest BCUT2D eigenvalue weighted by atomic mass is 10.1. The number of nitrogens with one attached hydrogen (secondary N) is 1. The molecule has 0 bridgehead atoms. The number of anilines is 1. The van der Waals surface area contributed by atoms with Crippen molar-refractivity contribution in [1.82, 2.24) is 10.2 Å². The van der Waals surface area contributed by atoms with Crippen LogP contribution in [0.2, 0.25) is 10.0 Å². The number of ether oxygens (including phenoxy) is 1. The number of carbonyl (C=O) groups excluding carboxylic acids is 2. The minimum absolute atomic E-state index is 0.0355. The van der Waals surface area contributed by atoms with E-state index < -0.39 is 16.1 Å². The molecule has 37 heavy (non-hydrogen) atoms. The summed E-state index contributed by atoms with van der Waals surface area (Å²) in [6.45, 7) is 4.42. The third kappa shape index (κ3) is 9.39. The Morgan fingerprint density at radius 3 is 2.46 bits per heavy atom. The highest BCUT2D eigenvalue weighted by Gasteiger charge is 2.27. The predicted octanol–water partition coefficient (Wildman–Crippen LogP) is 4.88. The molecule has 0 spiro atoms. The molecule has 0 aromatic heterocycles. The summed E-state index contributed by atoms with van der Waals surface area (Å²) in [5.74, 6) is -0.0274. The number of methoxy groups -OCH3 is 1. The van der Waals surface area contributed by atoms with Crippen LogP contribution in [0, 0.1) is 0 Å². The fourth-order valence-corrected chi connectivity index (χ4v) is 5.15. The first-order chi connectivity index (χ1) is 17.5. The van der Waals surface area contributed by atoms with E-state index in [1.54, 1.807) is 49.4 Å². The molecule has 0 aliphatic heterocycles. The molecule has 0 unspecified atom stereocenters. The van der Waals surface area contributed by atoms with Gasteiger partial charge in [0.2, 0.25) is 21.8 Å². The van der Waals surface area contributed by atoms with E-state index in [0.29, 0.717) is 33.6 Å². The zero-order valence-electron chi connectivity index (χ0n) is 21.7. The molecule has 0 saturated heterocycles. The van der Waals surface area contributed by atoms with Gasteiger partial charge in [0.25, 0.3) is 0 Å². The maximum atomic E-state index is 13.4.